The molecule has 1 aliphatic rings. The van der Waals surface area contributed by atoms with Gasteiger partial charge < -0.3 is 10.5 Å². The third-order valence-corrected chi connectivity index (χ3v) is 3.44. The first-order chi connectivity index (χ1) is 8.19. The molecule has 0 aromatic heterocycles. The minimum absolute atomic E-state index is 0.333. The van der Waals surface area contributed by atoms with Crippen LogP contribution in [0.3, 0.4) is 0 Å². The summed E-state index contributed by atoms with van der Waals surface area (Å²) >= 11 is 6.02. The molecule has 0 radical (unpaired) electrons. The van der Waals surface area contributed by atoms with E-state index in [0.29, 0.717) is 6.04 Å². The second-order valence-electron chi connectivity index (χ2n) is 4.53. The molecule has 1 unspecified atom stereocenters. The van der Waals surface area contributed by atoms with E-state index in [1.807, 2.05) is 18.2 Å². The Hall–Kier alpha value is -0.990. The van der Waals surface area contributed by atoms with E-state index in [-0.39, 0.29) is 0 Å². The van der Waals surface area contributed by atoms with Gasteiger partial charge in [-0.15, -0.1) is 0 Å². The van der Waals surface area contributed by atoms with Gasteiger partial charge in [-0.25, -0.2) is 0 Å². The molecule has 17 heavy (non-hydrogen) atoms. The molecule has 2 nitrogen and oxygen atoms in total. The van der Waals surface area contributed by atoms with Gasteiger partial charge in [0.05, 0.1) is 7.11 Å². The molecule has 1 atom stereocenters. The van der Waals surface area contributed by atoms with Crippen molar-refractivity contribution in [1.29, 1.82) is 0 Å². The Morgan fingerprint density at radius 2 is 2.29 bits per heavy atom. The highest BCUT2D eigenvalue weighted by Crippen LogP contribution is 2.28. The summed E-state index contributed by atoms with van der Waals surface area (Å²) in [5, 5.41) is 0.758. The van der Waals surface area contributed by atoms with Gasteiger partial charge in [-0.2, -0.15) is 0 Å². The summed E-state index contributed by atoms with van der Waals surface area (Å²) in [6, 6.07) is 6.09. The molecule has 2 rings (SSSR count). The molecule has 2 N–H and O–H groups in total. The zero-order chi connectivity index (χ0) is 12.3. The van der Waals surface area contributed by atoms with Gasteiger partial charge in [-0.05, 0) is 49.4 Å². The summed E-state index contributed by atoms with van der Waals surface area (Å²) in [5.41, 5.74) is 8.47. The van der Waals surface area contributed by atoms with Gasteiger partial charge in [0.1, 0.15) is 5.75 Å². The number of halogens is 1. The highest BCUT2D eigenvalue weighted by molar-refractivity contribution is 6.30. The molecule has 1 aliphatic carbocycles. The first-order valence-electron chi connectivity index (χ1n) is 5.95. The van der Waals surface area contributed by atoms with E-state index < -0.39 is 0 Å². The lowest BCUT2D eigenvalue weighted by atomic mass is 9.91. The molecule has 0 spiro atoms. The van der Waals surface area contributed by atoms with Crippen LogP contribution in [0.25, 0.3) is 0 Å². The number of hydrogen-bond donors (Lipinski definition) is 1. The SMILES string of the molecule is COc1ccc(Cl)cc1CC1=CCC(N)CC1. The average Bonchev–Trinajstić information content (AvgIpc) is 2.32. The third kappa shape index (κ3) is 3.24. The van der Waals surface area contributed by atoms with E-state index in [9.17, 15) is 0 Å². The van der Waals surface area contributed by atoms with E-state index in [1.165, 1.54) is 5.57 Å². The second kappa shape index (κ2) is 5.56. The summed E-state index contributed by atoms with van der Waals surface area (Å²) < 4.78 is 5.35. The number of allylic oxidation sites excluding steroid dienone is 1. The van der Waals surface area contributed by atoms with Crippen LogP contribution in [-0.2, 0) is 6.42 Å². The third-order valence-electron chi connectivity index (χ3n) is 3.21. The van der Waals surface area contributed by atoms with E-state index in [4.69, 9.17) is 22.1 Å². The van der Waals surface area contributed by atoms with Crippen LogP contribution < -0.4 is 10.5 Å². The van der Waals surface area contributed by atoms with E-state index >= 15 is 0 Å². The number of ether oxygens (including phenoxy) is 1. The van der Waals surface area contributed by atoms with Crippen LogP contribution in [0.1, 0.15) is 24.8 Å². The predicted octanol–water partition coefficient (Wildman–Crippen LogP) is 3.33. The fourth-order valence-corrected chi connectivity index (χ4v) is 2.39. The van der Waals surface area contributed by atoms with Gasteiger partial charge in [-0.3, -0.25) is 0 Å². The number of methoxy groups -OCH3 is 1. The van der Waals surface area contributed by atoms with Crippen LogP contribution in [0.15, 0.2) is 29.8 Å². The maximum absolute atomic E-state index is 6.02. The molecule has 0 saturated heterocycles. The standard InChI is InChI=1S/C14H18ClNO/c1-17-14-7-4-12(15)9-11(14)8-10-2-5-13(16)6-3-10/h2,4,7,9,13H,3,5-6,8,16H2,1H3. The van der Waals surface area contributed by atoms with Crippen molar-refractivity contribution in [2.24, 2.45) is 5.73 Å². The average molecular weight is 252 g/mol. The molecule has 0 heterocycles. The van der Waals surface area contributed by atoms with Gasteiger partial charge in [-0.1, -0.05) is 23.3 Å². The Kier molecular flexibility index (Phi) is 4.08. The van der Waals surface area contributed by atoms with E-state index in [2.05, 4.69) is 6.08 Å². The first-order valence-corrected chi connectivity index (χ1v) is 6.32. The Balaban J connectivity index is 2.15. The largest absolute Gasteiger partial charge is 0.496 e. The van der Waals surface area contributed by atoms with Crippen LogP contribution in [0.5, 0.6) is 5.75 Å². The van der Waals surface area contributed by atoms with Crippen LogP contribution in [0.4, 0.5) is 0 Å². The van der Waals surface area contributed by atoms with Crippen molar-refractivity contribution in [2.45, 2.75) is 31.7 Å². The van der Waals surface area contributed by atoms with Crippen molar-refractivity contribution >= 4 is 11.6 Å². The monoisotopic (exact) mass is 251 g/mol. The van der Waals surface area contributed by atoms with Crippen molar-refractivity contribution in [3.05, 3.63) is 40.4 Å². The molecular formula is C14H18ClNO. The van der Waals surface area contributed by atoms with Crippen LogP contribution in [0.2, 0.25) is 5.02 Å². The molecule has 0 aliphatic heterocycles. The van der Waals surface area contributed by atoms with Gasteiger partial charge >= 0.3 is 0 Å². The van der Waals surface area contributed by atoms with Crippen molar-refractivity contribution in [3.8, 4) is 5.75 Å². The van der Waals surface area contributed by atoms with E-state index in [1.54, 1.807) is 7.11 Å². The molecule has 3 heteroatoms. The number of nitrogens with two attached hydrogens (primary N) is 1. The van der Waals surface area contributed by atoms with Gasteiger partial charge in [0.25, 0.3) is 0 Å². The summed E-state index contributed by atoms with van der Waals surface area (Å²) in [4.78, 5) is 0. The molecule has 92 valence electrons. The Morgan fingerprint density at radius 1 is 1.47 bits per heavy atom. The number of hydrogen-bond acceptors (Lipinski definition) is 2. The highest BCUT2D eigenvalue weighted by atomic mass is 35.5. The zero-order valence-electron chi connectivity index (χ0n) is 10.1. The molecule has 0 amide bonds. The summed E-state index contributed by atoms with van der Waals surface area (Å²) in [7, 11) is 1.69. The lowest BCUT2D eigenvalue weighted by Crippen LogP contribution is -2.22. The minimum atomic E-state index is 0.333. The normalized spacial score (nSPS) is 19.9. The fourth-order valence-electron chi connectivity index (χ4n) is 2.20. The summed E-state index contributed by atoms with van der Waals surface area (Å²) in [6.45, 7) is 0. The van der Waals surface area contributed by atoms with Crippen LogP contribution >= 0.6 is 11.6 Å². The summed E-state index contributed by atoms with van der Waals surface area (Å²) in [6.07, 6.45) is 6.31. The van der Waals surface area contributed by atoms with Gasteiger partial charge in [0.15, 0.2) is 0 Å². The van der Waals surface area contributed by atoms with Crippen LogP contribution in [-0.4, -0.2) is 13.2 Å². The number of rotatable bonds is 3. The van der Waals surface area contributed by atoms with Gasteiger partial charge in [0, 0.05) is 11.1 Å². The van der Waals surface area contributed by atoms with Crippen LogP contribution in [0, 0.1) is 0 Å². The van der Waals surface area contributed by atoms with Crippen molar-refractivity contribution < 1.29 is 4.74 Å². The highest BCUT2D eigenvalue weighted by Gasteiger charge is 2.12. The van der Waals surface area contributed by atoms with Crippen molar-refractivity contribution in [1.82, 2.24) is 0 Å². The fraction of sp³-hybridized carbons (Fsp3) is 0.429. The molecule has 0 bridgehead atoms. The smallest absolute Gasteiger partial charge is 0.122 e. The Bertz CT molecular complexity index is 428. The topological polar surface area (TPSA) is 35.2 Å². The molecular weight excluding hydrogens is 234 g/mol. The quantitative estimate of drug-likeness (QED) is 0.837. The minimum Gasteiger partial charge on any atom is -0.496 e. The van der Waals surface area contributed by atoms with Gasteiger partial charge in [0.2, 0.25) is 0 Å². The molecule has 0 fully saturated rings. The zero-order valence-corrected chi connectivity index (χ0v) is 10.8. The second-order valence-corrected chi connectivity index (χ2v) is 4.97. The Labute approximate surface area is 107 Å². The maximum atomic E-state index is 6.02. The summed E-state index contributed by atoms with van der Waals surface area (Å²) in [5.74, 6) is 0.908. The van der Waals surface area contributed by atoms with E-state index in [0.717, 1.165) is 42.0 Å². The lowest BCUT2D eigenvalue weighted by Gasteiger charge is -2.19. The maximum Gasteiger partial charge on any atom is 0.122 e. The molecule has 1 aromatic rings. The first kappa shape index (κ1) is 12.5. The van der Waals surface area contributed by atoms with Crippen molar-refractivity contribution in [2.75, 3.05) is 7.11 Å². The molecule has 0 saturated carbocycles. The Morgan fingerprint density at radius 3 is 2.94 bits per heavy atom. The number of benzene rings is 1. The van der Waals surface area contributed by atoms with Crippen molar-refractivity contribution in [3.63, 3.8) is 0 Å². The predicted molar refractivity (Wildman–Crippen MR) is 71.6 cm³/mol. The molecule has 1 aromatic carbocycles. The lowest BCUT2D eigenvalue weighted by molar-refractivity contribution is 0.410.